The van der Waals surface area contributed by atoms with Crippen molar-refractivity contribution in [2.24, 2.45) is 11.3 Å². The zero-order valence-corrected chi connectivity index (χ0v) is 16.9. The molecule has 1 aliphatic carbocycles. The maximum Gasteiger partial charge on any atom is 0.573 e. The Hall–Kier alpha value is -2.78. The van der Waals surface area contributed by atoms with E-state index in [1.54, 1.807) is 0 Å². The van der Waals surface area contributed by atoms with Gasteiger partial charge in [0.05, 0.1) is 5.69 Å². The van der Waals surface area contributed by atoms with Crippen LogP contribution in [0.1, 0.15) is 40.0 Å². The Kier molecular flexibility index (Phi) is 5.46. The number of carbonyl (C=O) groups excluding carboxylic acids is 3. The minimum atomic E-state index is -4.93. The highest BCUT2D eigenvalue weighted by molar-refractivity contribution is 6.10. The highest BCUT2D eigenvalue weighted by Crippen LogP contribution is 2.46. The van der Waals surface area contributed by atoms with Gasteiger partial charge in [-0.3, -0.25) is 14.5 Å². The van der Waals surface area contributed by atoms with Crippen molar-refractivity contribution in [2.45, 2.75) is 51.9 Å². The normalized spacial score (nSPS) is 25.9. The van der Waals surface area contributed by atoms with Gasteiger partial charge in [0.2, 0.25) is 5.91 Å². The van der Waals surface area contributed by atoms with E-state index in [0.29, 0.717) is 12.8 Å². The second-order valence-corrected chi connectivity index (χ2v) is 8.85. The molecule has 1 aromatic rings. The number of hydrogen-bond acceptors (Lipinski definition) is 4. The number of para-hydroxylation sites is 2. The fourth-order valence-electron chi connectivity index (χ4n) is 4.77. The molecule has 1 saturated carbocycles. The summed E-state index contributed by atoms with van der Waals surface area (Å²) in [6, 6.07) is 4.35. The first-order valence-corrected chi connectivity index (χ1v) is 9.59. The number of imide groups is 1. The average Bonchev–Trinajstić information content (AvgIpc) is 2.77. The number of ether oxygens (including phenoxy) is 1. The Morgan fingerprint density at radius 1 is 1.27 bits per heavy atom. The van der Waals surface area contributed by atoms with Crippen molar-refractivity contribution < 1.29 is 32.3 Å². The van der Waals surface area contributed by atoms with Gasteiger partial charge in [0.25, 0.3) is 5.91 Å². The molecule has 0 bridgehead atoms. The summed E-state index contributed by atoms with van der Waals surface area (Å²) in [5.74, 6) is -1.67. The first kappa shape index (κ1) is 21.9. The van der Waals surface area contributed by atoms with Crippen LogP contribution in [0.15, 0.2) is 24.3 Å². The molecule has 1 aliphatic heterocycles. The first-order valence-electron chi connectivity index (χ1n) is 9.59. The van der Waals surface area contributed by atoms with Crippen molar-refractivity contribution in [3.63, 3.8) is 0 Å². The van der Waals surface area contributed by atoms with E-state index in [4.69, 9.17) is 0 Å². The van der Waals surface area contributed by atoms with Gasteiger partial charge in [-0.15, -0.1) is 13.2 Å². The molecule has 1 saturated heterocycles. The quantitative estimate of drug-likeness (QED) is 0.718. The Bertz CT molecular complexity index is 871. The number of hydrogen-bond donors (Lipinski definition) is 2. The number of nitrogens with one attached hydrogen (secondary N) is 2. The largest absolute Gasteiger partial charge is 0.573 e. The Labute approximate surface area is 171 Å². The molecule has 1 heterocycles. The highest BCUT2D eigenvalue weighted by Gasteiger charge is 2.56. The Morgan fingerprint density at radius 3 is 2.57 bits per heavy atom. The summed E-state index contributed by atoms with van der Waals surface area (Å²) in [6.45, 7) is 5.45. The van der Waals surface area contributed by atoms with Crippen LogP contribution in [-0.2, 0) is 9.59 Å². The number of alkyl halides is 3. The van der Waals surface area contributed by atoms with Crippen molar-refractivity contribution in [1.82, 2.24) is 10.2 Å². The van der Waals surface area contributed by atoms with E-state index in [0.717, 1.165) is 17.4 Å². The van der Waals surface area contributed by atoms with Crippen LogP contribution in [0.2, 0.25) is 0 Å². The summed E-state index contributed by atoms with van der Waals surface area (Å²) >= 11 is 0. The van der Waals surface area contributed by atoms with Gasteiger partial charge >= 0.3 is 12.4 Å². The van der Waals surface area contributed by atoms with Crippen LogP contribution < -0.4 is 15.4 Å². The number of amides is 4. The standard InChI is InChI=1S/C20H24F3N3O4/c1-12-8-18(2,3)11-19(9-12)16(28)26(17(29)25-19)10-15(27)24-13-6-4-5-7-14(13)30-20(21,22)23/h4-7,12H,8-11H2,1-3H3,(H,24,27)(H,25,29). The van der Waals surface area contributed by atoms with Crippen LogP contribution in [0, 0.1) is 11.3 Å². The lowest BCUT2D eigenvalue weighted by Gasteiger charge is -2.43. The summed E-state index contributed by atoms with van der Waals surface area (Å²) in [4.78, 5) is 38.8. The van der Waals surface area contributed by atoms with Crippen LogP contribution in [-0.4, -0.2) is 41.2 Å². The van der Waals surface area contributed by atoms with Crippen molar-refractivity contribution in [3.05, 3.63) is 24.3 Å². The molecule has 10 heteroatoms. The van der Waals surface area contributed by atoms with E-state index >= 15 is 0 Å². The van der Waals surface area contributed by atoms with Gasteiger partial charge in [0, 0.05) is 0 Å². The number of benzene rings is 1. The minimum absolute atomic E-state index is 0.160. The highest BCUT2D eigenvalue weighted by atomic mass is 19.4. The number of urea groups is 1. The maximum absolute atomic E-state index is 13.1. The van der Waals surface area contributed by atoms with Gasteiger partial charge in [-0.2, -0.15) is 0 Å². The predicted octanol–water partition coefficient (Wildman–Crippen LogP) is 3.66. The molecule has 3 rings (SSSR count). The second-order valence-electron chi connectivity index (χ2n) is 8.85. The van der Waals surface area contributed by atoms with E-state index in [2.05, 4.69) is 15.4 Å². The van der Waals surface area contributed by atoms with Crippen molar-refractivity contribution in [3.8, 4) is 5.75 Å². The SMILES string of the molecule is CC1CC(C)(C)CC2(C1)NC(=O)N(CC(=O)Nc1ccccc1OC(F)(F)F)C2=O. The minimum Gasteiger partial charge on any atom is -0.404 e. The van der Waals surface area contributed by atoms with Crippen LogP contribution in [0.5, 0.6) is 5.75 Å². The molecule has 2 atom stereocenters. The van der Waals surface area contributed by atoms with Gasteiger partial charge in [-0.1, -0.05) is 32.9 Å². The number of halogens is 3. The van der Waals surface area contributed by atoms with Gasteiger partial charge in [-0.25, -0.2) is 4.79 Å². The third-order valence-electron chi connectivity index (χ3n) is 5.31. The molecule has 1 spiro atoms. The zero-order valence-electron chi connectivity index (χ0n) is 16.9. The first-order chi connectivity index (χ1) is 13.8. The van der Waals surface area contributed by atoms with E-state index in [1.165, 1.54) is 18.2 Å². The molecule has 1 aromatic carbocycles. The van der Waals surface area contributed by atoms with Crippen LogP contribution in [0.25, 0.3) is 0 Å². The lowest BCUT2D eigenvalue weighted by molar-refractivity contribution is -0.274. The van der Waals surface area contributed by atoms with E-state index in [-0.39, 0.29) is 17.0 Å². The summed E-state index contributed by atoms with van der Waals surface area (Å²) in [7, 11) is 0. The van der Waals surface area contributed by atoms with E-state index in [9.17, 15) is 27.6 Å². The topological polar surface area (TPSA) is 87.7 Å². The monoisotopic (exact) mass is 427 g/mol. The fraction of sp³-hybridized carbons (Fsp3) is 0.550. The molecule has 2 N–H and O–H groups in total. The smallest absolute Gasteiger partial charge is 0.404 e. The van der Waals surface area contributed by atoms with Gasteiger partial charge in [-0.05, 0) is 42.7 Å². The molecular formula is C20H24F3N3O4. The van der Waals surface area contributed by atoms with E-state index in [1.807, 2.05) is 20.8 Å². The molecule has 4 amide bonds. The molecule has 2 fully saturated rings. The van der Waals surface area contributed by atoms with Crippen LogP contribution in [0.3, 0.4) is 0 Å². The molecule has 30 heavy (non-hydrogen) atoms. The van der Waals surface area contributed by atoms with Crippen molar-refractivity contribution in [1.29, 1.82) is 0 Å². The Balaban J connectivity index is 1.72. The second kappa shape index (κ2) is 7.48. The van der Waals surface area contributed by atoms with Crippen LogP contribution >= 0.6 is 0 Å². The molecule has 2 unspecified atom stereocenters. The number of nitrogens with zero attached hydrogens (tertiary/aromatic N) is 1. The molecule has 0 radical (unpaired) electrons. The fourth-order valence-corrected chi connectivity index (χ4v) is 4.77. The third-order valence-corrected chi connectivity index (χ3v) is 5.31. The lowest BCUT2D eigenvalue weighted by Crippen LogP contribution is -2.54. The van der Waals surface area contributed by atoms with Crippen molar-refractivity contribution in [2.75, 3.05) is 11.9 Å². The number of anilines is 1. The van der Waals surface area contributed by atoms with E-state index < -0.39 is 42.0 Å². The molecule has 2 aliphatic rings. The molecule has 164 valence electrons. The van der Waals surface area contributed by atoms with Gasteiger partial charge < -0.3 is 15.4 Å². The third kappa shape index (κ3) is 4.68. The number of carbonyl (C=O) groups is 3. The molecule has 7 nitrogen and oxygen atoms in total. The molecule has 0 aromatic heterocycles. The molecular weight excluding hydrogens is 403 g/mol. The summed E-state index contributed by atoms with van der Waals surface area (Å²) in [5, 5.41) is 5.03. The summed E-state index contributed by atoms with van der Waals surface area (Å²) in [5.41, 5.74) is -1.43. The van der Waals surface area contributed by atoms with Gasteiger partial charge in [0.15, 0.2) is 5.75 Å². The summed E-state index contributed by atoms with van der Waals surface area (Å²) in [6.07, 6.45) is -3.09. The Morgan fingerprint density at radius 2 is 1.93 bits per heavy atom. The number of rotatable bonds is 4. The predicted molar refractivity (Wildman–Crippen MR) is 102 cm³/mol. The zero-order chi connectivity index (χ0) is 22.3. The van der Waals surface area contributed by atoms with Gasteiger partial charge in [0.1, 0.15) is 12.1 Å². The average molecular weight is 427 g/mol. The maximum atomic E-state index is 13.1. The summed E-state index contributed by atoms with van der Waals surface area (Å²) < 4.78 is 41.5. The van der Waals surface area contributed by atoms with Crippen molar-refractivity contribution >= 4 is 23.5 Å². The van der Waals surface area contributed by atoms with Crippen LogP contribution in [0.4, 0.5) is 23.7 Å². The lowest BCUT2D eigenvalue weighted by atomic mass is 9.64.